The first-order chi connectivity index (χ1) is 16.8. The van der Waals surface area contributed by atoms with Crippen molar-refractivity contribution in [1.82, 2.24) is 14.9 Å². The van der Waals surface area contributed by atoms with E-state index in [0.29, 0.717) is 17.0 Å². The van der Waals surface area contributed by atoms with Crippen LogP contribution < -0.4 is 0 Å². The zero-order valence-corrected chi connectivity index (χ0v) is 22.0. The highest BCUT2D eigenvalue weighted by Crippen LogP contribution is 2.35. The topological polar surface area (TPSA) is 99.1 Å². The van der Waals surface area contributed by atoms with E-state index in [2.05, 4.69) is 9.97 Å². The average Bonchev–Trinajstić information content (AvgIpc) is 3.21. The molecule has 2 aromatic carbocycles. The van der Waals surface area contributed by atoms with Gasteiger partial charge in [0.15, 0.2) is 0 Å². The highest BCUT2D eigenvalue weighted by molar-refractivity contribution is 7.93. The maximum absolute atomic E-state index is 13.8. The van der Waals surface area contributed by atoms with E-state index >= 15 is 0 Å². The molecule has 1 unspecified atom stereocenters. The lowest BCUT2D eigenvalue weighted by molar-refractivity contribution is 0.0140. The fourth-order valence-electron chi connectivity index (χ4n) is 3.82. The first-order valence-corrected chi connectivity index (χ1v) is 13.3. The van der Waals surface area contributed by atoms with Crippen molar-refractivity contribution in [2.75, 3.05) is 13.1 Å². The molecule has 3 aromatic rings. The molecule has 2 heterocycles. The predicted octanol–water partition coefficient (Wildman–Crippen LogP) is 6.20. The number of halogens is 4. The van der Waals surface area contributed by atoms with E-state index in [1.807, 2.05) is 0 Å². The Labute approximate surface area is 217 Å². The van der Waals surface area contributed by atoms with Gasteiger partial charge in [0.05, 0.1) is 37.1 Å². The summed E-state index contributed by atoms with van der Waals surface area (Å²) in [6, 6.07) is 8.26. The fourth-order valence-corrected chi connectivity index (χ4v) is 5.80. The van der Waals surface area contributed by atoms with Gasteiger partial charge in [-0.1, -0.05) is 35.3 Å². The van der Waals surface area contributed by atoms with Crippen LogP contribution in [0.5, 0.6) is 0 Å². The third-order valence-electron chi connectivity index (χ3n) is 5.70. The van der Waals surface area contributed by atoms with E-state index in [9.17, 15) is 17.8 Å². The molecule has 1 fully saturated rings. The van der Waals surface area contributed by atoms with Crippen molar-refractivity contribution in [1.29, 1.82) is 4.78 Å². The number of H-pyrrole nitrogens is 1. The zero-order valence-electron chi connectivity index (χ0n) is 19.6. The van der Waals surface area contributed by atoms with Gasteiger partial charge in [0.25, 0.3) is 0 Å². The minimum Gasteiger partial charge on any atom is -0.444 e. The second kappa shape index (κ2) is 9.64. The molecule has 4 rings (SSSR count). The first kappa shape index (κ1) is 26.4. The maximum atomic E-state index is 13.8. The van der Waals surface area contributed by atoms with Crippen molar-refractivity contribution in [3.05, 3.63) is 81.2 Å². The number of hydrogen-bond acceptors (Lipinski definition) is 5. The number of imidazole rings is 1. The molecule has 36 heavy (non-hydrogen) atoms. The summed E-state index contributed by atoms with van der Waals surface area (Å²) in [6.45, 7) is 5.47. The molecule has 1 amide bonds. The van der Waals surface area contributed by atoms with Crippen LogP contribution in [0.3, 0.4) is 0 Å². The number of aromatic amines is 1. The molecule has 0 spiro atoms. The monoisotopic (exact) mass is 556 g/mol. The van der Waals surface area contributed by atoms with E-state index < -0.39 is 44.2 Å². The normalized spacial score (nSPS) is 16.1. The average molecular weight is 557 g/mol. The van der Waals surface area contributed by atoms with E-state index in [-0.39, 0.29) is 28.2 Å². The smallest absolute Gasteiger partial charge is 0.410 e. The third-order valence-corrected chi connectivity index (χ3v) is 8.37. The quantitative estimate of drug-likeness (QED) is 0.390. The molecule has 7 nitrogen and oxygen atoms in total. The van der Waals surface area contributed by atoms with Gasteiger partial charge in [0.1, 0.15) is 28.1 Å². The summed E-state index contributed by atoms with van der Waals surface area (Å²) in [5.74, 6) is -1.61. The highest BCUT2D eigenvalue weighted by atomic mass is 35.5. The number of nitrogens with zero attached hydrogens (tertiary/aromatic N) is 2. The predicted molar refractivity (Wildman–Crippen MR) is 133 cm³/mol. The summed E-state index contributed by atoms with van der Waals surface area (Å²) in [6.07, 6.45) is 0.782. The largest absolute Gasteiger partial charge is 0.444 e. The molecule has 0 bridgehead atoms. The molecule has 0 aliphatic carbocycles. The van der Waals surface area contributed by atoms with Gasteiger partial charge >= 0.3 is 6.09 Å². The summed E-state index contributed by atoms with van der Waals surface area (Å²) in [4.78, 5) is 20.9. The van der Waals surface area contributed by atoms with Gasteiger partial charge in [-0.25, -0.2) is 27.5 Å². The lowest BCUT2D eigenvalue weighted by Crippen LogP contribution is -2.57. The molecule has 0 radical (unpaired) electrons. The summed E-state index contributed by atoms with van der Waals surface area (Å²) in [5.41, 5.74) is 0.395. The number of rotatable bonds is 5. The van der Waals surface area contributed by atoms with Gasteiger partial charge in [-0.05, 0) is 56.2 Å². The summed E-state index contributed by atoms with van der Waals surface area (Å²) >= 11 is 12.0. The van der Waals surface area contributed by atoms with Crippen LogP contribution in [0.15, 0.2) is 47.6 Å². The minimum atomic E-state index is -3.36. The Kier molecular flexibility index (Phi) is 7.07. The Morgan fingerprint density at radius 3 is 2.14 bits per heavy atom. The van der Waals surface area contributed by atoms with Gasteiger partial charge in [0, 0.05) is 13.1 Å². The number of hydrogen-bond donors (Lipinski definition) is 2. The van der Waals surface area contributed by atoms with Gasteiger partial charge in [-0.15, -0.1) is 0 Å². The van der Waals surface area contributed by atoms with Crippen LogP contribution in [0.1, 0.15) is 43.6 Å². The zero-order chi connectivity index (χ0) is 26.4. The fraction of sp³-hybridized carbons (Fsp3) is 0.333. The lowest BCUT2D eigenvalue weighted by Gasteiger charge is -2.39. The van der Waals surface area contributed by atoms with E-state index in [1.54, 1.807) is 20.8 Å². The van der Waals surface area contributed by atoms with E-state index in [4.69, 9.17) is 32.7 Å². The van der Waals surface area contributed by atoms with Crippen LogP contribution in [0, 0.1) is 16.4 Å². The number of amides is 1. The van der Waals surface area contributed by atoms with Gasteiger partial charge in [0.2, 0.25) is 0 Å². The molecule has 1 aromatic heterocycles. The Morgan fingerprint density at radius 1 is 1.14 bits per heavy atom. The number of benzene rings is 2. The number of likely N-dealkylation sites (tertiary alicyclic amines) is 1. The van der Waals surface area contributed by atoms with Crippen LogP contribution >= 0.6 is 23.2 Å². The Morgan fingerprint density at radius 2 is 1.67 bits per heavy atom. The molecule has 1 aliphatic rings. The third kappa shape index (κ3) is 5.35. The SMILES string of the molecule is CC(C)(C)OC(=O)N1CC(S(=N)(=O)c2cnc(C(c3ccc(F)c(Cl)c3)c3ccc(F)c(Cl)c3)[nH]2)C1. The van der Waals surface area contributed by atoms with Crippen LogP contribution in [0.4, 0.5) is 13.6 Å². The number of nitrogens with one attached hydrogen (secondary N) is 2. The van der Waals surface area contributed by atoms with Crippen molar-refractivity contribution in [2.45, 2.75) is 42.6 Å². The number of carbonyl (C=O) groups is 1. The molecular formula is C24H24Cl2F2N4O3S. The molecule has 192 valence electrons. The van der Waals surface area contributed by atoms with E-state index in [0.717, 1.165) is 0 Å². The van der Waals surface area contributed by atoms with Crippen LogP contribution in [-0.2, 0) is 14.5 Å². The van der Waals surface area contributed by atoms with Gasteiger partial charge < -0.3 is 14.6 Å². The van der Waals surface area contributed by atoms with Crippen molar-refractivity contribution >= 4 is 39.0 Å². The Hall–Kier alpha value is -2.69. The molecule has 12 heteroatoms. The van der Waals surface area contributed by atoms with Crippen molar-refractivity contribution in [2.24, 2.45) is 0 Å². The van der Waals surface area contributed by atoms with Gasteiger partial charge in [-0.2, -0.15) is 0 Å². The molecule has 1 aliphatic heterocycles. The summed E-state index contributed by atoms with van der Waals surface area (Å²) in [5, 5.41) is -0.757. The van der Waals surface area contributed by atoms with E-state index in [1.165, 1.54) is 47.5 Å². The molecule has 0 saturated carbocycles. The first-order valence-electron chi connectivity index (χ1n) is 11.0. The second-order valence-corrected chi connectivity index (χ2v) is 12.6. The summed E-state index contributed by atoms with van der Waals surface area (Å²) in [7, 11) is -3.36. The van der Waals surface area contributed by atoms with Crippen molar-refractivity contribution < 1.29 is 22.5 Å². The molecule has 1 saturated heterocycles. The molecule has 2 N–H and O–H groups in total. The Bertz CT molecular complexity index is 1370. The van der Waals surface area contributed by atoms with Gasteiger partial charge in [-0.3, -0.25) is 0 Å². The van der Waals surface area contributed by atoms with Crippen LogP contribution in [0.2, 0.25) is 10.0 Å². The minimum absolute atomic E-state index is 0.0813. The highest BCUT2D eigenvalue weighted by Gasteiger charge is 2.41. The van der Waals surface area contributed by atoms with Crippen LogP contribution in [0.25, 0.3) is 0 Å². The molecular weight excluding hydrogens is 533 g/mol. The maximum Gasteiger partial charge on any atom is 0.410 e. The van der Waals surface area contributed by atoms with Crippen LogP contribution in [-0.4, -0.2) is 49.1 Å². The lowest BCUT2D eigenvalue weighted by atomic mass is 9.90. The Balaban J connectivity index is 1.63. The molecule has 1 atom stereocenters. The second-order valence-electron chi connectivity index (χ2n) is 9.52. The number of ether oxygens (including phenoxy) is 1. The van der Waals surface area contributed by atoms with Crippen molar-refractivity contribution in [3.8, 4) is 0 Å². The van der Waals surface area contributed by atoms with Crippen molar-refractivity contribution in [3.63, 3.8) is 0 Å². The number of carbonyl (C=O) groups excluding carboxylic acids is 1. The standard InChI is InChI=1S/C24H24Cl2F2N4O3S/c1-24(2,3)35-23(33)32-11-15(12-32)36(29,34)20-10-30-22(31-20)21(13-4-6-18(27)16(25)8-13)14-5-7-19(28)17(26)9-14/h4-10,15,21,29H,11-12H2,1-3H3,(H,30,31). The number of aromatic nitrogens is 2. The summed E-state index contributed by atoms with van der Waals surface area (Å²) < 4.78 is 54.9.